The van der Waals surface area contributed by atoms with Crippen molar-refractivity contribution in [1.29, 1.82) is 0 Å². The highest BCUT2D eigenvalue weighted by Crippen LogP contribution is 2.38. The number of para-hydroxylation sites is 2. The zero-order valence-electron chi connectivity index (χ0n) is 16.2. The summed E-state index contributed by atoms with van der Waals surface area (Å²) in [6, 6.07) is 14.1. The second-order valence-electron chi connectivity index (χ2n) is 7.24. The summed E-state index contributed by atoms with van der Waals surface area (Å²) in [6.07, 6.45) is 6.85. The van der Waals surface area contributed by atoms with E-state index in [0.717, 1.165) is 44.1 Å². The van der Waals surface area contributed by atoms with Gasteiger partial charge in [-0.3, -0.25) is 4.79 Å². The number of benzene rings is 2. The third kappa shape index (κ3) is 3.89. The molecule has 0 bridgehead atoms. The average Bonchev–Trinajstić information content (AvgIpc) is 3.40. The highest BCUT2D eigenvalue weighted by atomic mass is 32.1. The quantitative estimate of drug-likeness (QED) is 0.517. The summed E-state index contributed by atoms with van der Waals surface area (Å²) in [5, 5.41) is 4.00. The maximum atomic E-state index is 12.3. The van der Waals surface area contributed by atoms with Crippen molar-refractivity contribution in [1.82, 2.24) is 20.3 Å². The Balaban J connectivity index is 1.16. The summed E-state index contributed by atoms with van der Waals surface area (Å²) in [5.74, 6) is 0.881. The number of rotatable bonds is 6. The molecule has 7 heteroatoms. The fraction of sp³-hybridized carbons (Fsp3) is 0.217. The predicted molar refractivity (Wildman–Crippen MR) is 117 cm³/mol. The first-order valence-corrected chi connectivity index (χ1v) is 10.7. The molecule has 1 aliphatic rings. The lowest BCUT2D eigenvalue weighted by Gasteiger charge is -2.13. The first-order chi connectivity index (χ1) is 14.8. The molecule has 0 saturated heterocycles. The van der Waals surface area contributed by atoms with Crippen LogP contribution in [0.25, 0.3) is 21.3 Å². The van der Waals surface area contributed by atoms with Gasteiger partial charge in [-0.25, -0.2) is 15.0 Å². The number of aryl methyl sites for hydroxylation is 1. The van der Waals surface area contributed by atoms with Gasteiger partial charge in [-0.2, -0.15) is 0 Å². The van der Waals surface area contributed by atoms with Gasteiger partial charge in [0.2, 0.25) is 5.91 Å². The van der Waals surface area contributed by atoms with E-state index in [1.807, 2.05) is 30.3 Å². The zero-order valence-corrected chi connectivity index (χ0v) is 17.1. The first kappa shape index (κ1) is 18.7. The van der Waals surface area contributed by atoms with Gasteiger partial charge in [0.05, 0.1) is 21.8 Å². The van der Waals surface area contributed by atoms with Crippen LogP contribution in [0.1, 0.15) is 17.0 Å². The summed E-state index contributed by atoms with van der Waals surface area (Å²) < 4.78 is 7.32. The Labute approximate surface area is 178 Å². The van der Waals surface area contributed by atoms with Gasteiger partial charge in [-0.1, -0.05) is 30.3 Å². The number of hydrogen-bond donors (Lipinski definition) is 1. The van der Waals surface area contributed by atoms with E-state index in [9.17, 15) is 4.79 Å². The number of thiazole rings is 1. The van der Waals surface area contributed by atoms with Gasteiger partial charge in [-0.05, 0) is 17.7 Å². The minimum absolute atomic E-state index is 0.0190. The van der Waals surface area contributed by atoms with Gasteiger partial charge in [0.1, 0.15) is 18.2 Å². The zero-order chi connectivity index (χ0) is 20.3. The van der Waals surface area contributed by atoms with Crippen LogP contribution < -0.4 is 10.1 Å². The molecule has 0 saturated carbocycles. The lowest BCUT2D eigenvalue weighted by molar-refractivity contribution is -0.121. The highest BCUT2D eigenvalue weighted by molar-refractivity contribution is 7.18. The summed E-state index contributed by atoms with van der Waals surface area (Å²) in [6.45, 7) is 0.484. The van der Waals surface area contributed by atoms with Crippen LogP contribution in [0.3, 0.4) is 0 Å². The number of aromatic nitrogens is 3. The molecule has 3 heterocycles. The van der Waals surface area contributed by atoms with Gasteiger partial charge in [0, 0.05) is 42.8 Å². The molecule has 1 N–H and O–H groups in total. The molecule has 2 aromatic carbocycles. The molecule has 1 aliphatic heterocycles. The van der Waals surface area contributed by atoms with Crippen molar-refractivity contribution in [3.8, 4) is 16.9 Å². The SMILES string of the molecule is O=C(CCc1nc2ccccc2s1)NC[C@@H]1Cc2cccc(-c3cncnc3)c2O1. The molecule has 0 unspecified atom stereocenters. The van der Waals surface area contributed by atoms with Crippen LogP contribution in [0.15, 0.2) is 61.2 Å². The number of amides is 1. The third-order valence-corrected chi connectivity index (χ3v) is 6.23. The molecule has 0 fully saturated rings. The van der Waals surface area contributed by atoms with Crippen LogP contribution in [0.2, 0.25) is 0 Å². The summed E-state index contributed by atoms with van der Waals surface area (Å²) in [5.41, 5.74) is 4.05. The summed E-state index contributed by atoms with van der Waals surface area (Å²) in [4.78, 5) is 25.1. The largest absolute Gasteiger partial charge is 0.487 e. The van der Waals surface area contributed by atoms with E-state index in [2.05, 4.69) is 32.4 Å². The van der Waals surface area contributed by atoms with Crippen LogP contribution in [-0.4, -0.2) is 33.5 Å². The van der Waals surface area contributed by atoms with Gasteiger partial charge >= 0.3 is 0 Å². The van der Waals surface area contributed by atoms with Crippen LogP contribution in [-0.2, 0) is 17.6 Å². The van der Waals surface area contributed by atoms with Gasteiger partial charge in [0.25, 0.3) is 0 Å². The lowest BCUT2D eigenvalue weighted by atomic mass is 10.0. The second kappa shape index (κ2) is 8.20. The maximum absolute atomic E-state index is 12.3. The molecular weight excluding hydrogens is 396 g/mol. The van der Waals surface area contributed by atoms with Crippen LogP contribution in [0.4, 0.5) is 0 Å². The van der Waals surface area contributed by atoms with Crippen molar-refractivity contribution in [3.05, 3.63) is 71.8 Å². The predicted octanol–water partition coefficient (Wildman–Crippen LogP) is 3.81. The molecule has 6 nitrogen and oxygen atoms in total. The number of fused-ring (bicyclic) bond motifs is 2. The molecule has 0 aliphatic carbocycles. The van der Waals surface area contributed by atoms with E-state index in [0.29, 0.717) is 19.4 Å². The van der Waals surface area contributed by atoms with Crippen LogP contribution in [0, 0.1) is 0 Å². The monoisotopic (exact) mass is 416 g/mol. The van der Waals surface area contributed by atoms with E-state index in [1.54, 1.807) is 23.7 Å². The van der Waals surface area contributed by atoms with E-state index >= 15 is 0 Å². The Kier molecular flexibility index (Phi) is 5.11. The van der Waals surface area contributed by atoms with E-state index in [-0.39, 0.29) is 12.0 Å². The summed E-state index contributed by atoms with van der Waals surface area (Å²) in [7, 11) is 0. The topological polar surface area (TPSA) is 77.0 Å². The van der Waals surface area contributed by atoms with Gasteiger partial charge < -0.3 is 10.1 Å². The average molecular weight is 417 g/mol. The molecule has 4 aromatic rings. The fourth-order valence-electron chi connectivity index (χ4n) is 3.68. The van der Waals surface area contributed by atoms with E-state index in [4.69, 9.17) is 4.74 Å². The minimum Gasteiger partial charge on any atom is -0.487 e. The minimum atomic E-state index is -0.0721. The molecule has 150 valence electrons. The van der Waals surface area contributed by atoms with Crippen molar-refractivity contribution < 1.29 is 9.53 Å². The Morgan fingerprint density at radius 1 is 1.13 bits per heavy atom. The van der Waals surface area contributed by atoms with E-state index < -0.39 is 0 Å². The standard InChI is InChI=1S/C23H20N4O2S/c28-21(8-9-22-27-19-6-1-2-7-20(19)30-22)26-13-17-10-15-4-3-5-18(23(15)29-17)16-11-24-14-25-12-16/h1-7,11-12,14,17H,8-10,13H2,(H,26,28)/t17-/m0/s1. The van der Waals surface area contributed by atoms with Crippen molar-refractivity contribution in [2.24, 2.45) is 0 Å². The molecule has 1 atom stereocenters. The lowest BCUT2D eigenvalue weighted by Crippen LogP contribution is -2.34. The number of hydrogen-bond acceptors (Lipinski definition) is 6. The Morgan fingerprint density at radius 2 is 2.00 bits per heavy atom. The van der Waals surface area contributed by atoms with Crippen molar-refractivity contribution >= 4 is 27.5 Å². The van der Waals surface area contributed by atoms with Gasteiger partial charge in [0.15, 0.2) is 0 Å². The number of carbonyl (C=O) groups is 1. The molecule has 0 radical (unpaired) electrons. The first-order valence-electron chi connectivity index (χ1n) is 9.91. The number of ether oxygens (including phenoxy) is 1. The Morgan fingerprint density at radius 3 is 2.87 bits per heavy atom. The molecule has 30 heavy (non-hydrogen) atoms. The number of nitrogens with zero attached hydrogens (tertiary/aromatic N) is 3. The number of nitrogens with one attached hydrogen (secondary N) is 1. The molecule has 5 rings (SSSR count). The number of carbonyl (C=O) groups excluding carboxylic acids is 1. The van der Waals surface area contributed by atoms with Crippen LogP contribution >= 0.6 is 11.3 Å². The normalized spacial score (nSPS) is 15.0. The van der Waals surface area contributed by atoms with E-state index in [1.165, 1.54) is 6.33 Å². The molecule has 2 aromatic heterocycles. The summed E-state index contributed by atoms with van der Waals surface area (Å²) >= 11 is 1.65. The third-order valence-electron chi connectivity index (χ3n) is 5.13. The maximum Gasteiger partial charge on any atom is 0.220 e. The smallest absolute Gasteiger partial charge is 0.220 e. The molecule has 1 amide bonds. The van der Waals surface area contributed by atoms with Crippen molar-refractivity contribution in [3.63, 3.8) is 0 Å². The Hall–Kier alpha value is -3.32. The highest BCUT2D eigenvalue weighted by Gasteiger charge is 2.26. The van der Waals surface area contributed by atoms with Gasteiger partial charge in [-0.15, -0.1) is 11.3 Å². The van der Waals surface area contributed by atoms with Crippen molar-refractivity contribution in [2.45, 2.75) is 25.4 Å². The van der Waals surface area contributed by atoms with Crippen LogP contribution in [0.5, 0.6) is 5.75 Å². The molecular formula is C23H20N4O2S. The van der Waals surface area contributed by atoms with Crippen molar-refractivity contribution in [2.75, 3.05) is 6.54 Å². The molecule has 0 spiro atoms. The second-order valence-corrected chi connectivity index (χ2v) is 8.36. The Bertz CT molecular complexity index is 1160. The fourth-order valence-corrected chi connectivity index (χ4v) is 4.65.